The molecular formula is C18H19N5O2. The SMILES string of the molecule is CCc1cccc(/C(=N\N)C(O)c2ncn(-c3ccccc3)n2)c1O. The van der Waals surface area contributed by atoms with E-state index >= 15 is 0 Å². The monoisotopic (exact) mass is 337 g/mol. The maximum absolute atomic E-state index is 10.6. The lowest BCUT2D eigenvalue weighted by molar-refractivity contribution is 0.237. The fraction of sp³-hybridized carbons (Fsp3) is 0.167. The maximum Gasteiger partial charge on any atom is 0.185 e. The summed E-state index contributed by atoms with van der Waals surface area (Å²) in [5, 5.41) is 29.0. The number of hydrogen-bond acceptors (Lipinski definition) is 6. The van der Waals surface area contributed by atoms with Gasteiger partial charge in [-0.15, -0.1) is 5.10 Å². The summed E-state index contributed by atoms with van der Waals surface area (Å²) in [6.45, 7) is 1.93. The molecule has 0 spiro atoms. The Morgan fingerprint density at radius 1 is 1.20 bits per heavy atom. The minimum Gasteiger partial charge on any atom is -0.507 e. The molecule has 1 heterocycles. The van der Waals surface area contributed by atoms with Crippen LogP contribution in [-0.4, -0.2) is 30.7 Å². The standard InChI is InChI=1S/C18H19N5O2/c1-2-12-7-6-10-14(16(12)24)15(21-19)17(25)18-20-11-23(22-18)13-8-4-3-5-9-13/h3-11,17,24-25H,2,19H2,1H3/b21-15+. The van der Waals surface area contributed by atoms with Gasteiger partial charge in [-0.2, -0.15) is 5.10 Å². The predicted octanol–water partition coefficient (Wildman–Crippen LogP) is 1.93. The van der Waals surface area contributed by atoms with Gasteiger partial charge in [0.2, 0.25) is 0 Å². The van der Waals surface area contributed by atoms with Crippen molar-refractivity contribution in [2.45, 2.75) is 19.4 Å². The van der Waals surface area contributed by atoms with Gasteiger partial charge >= 0.3 is 0 Å². The number of rotatable bonds is 5. The van der Waals surface area contributed by atoms with E-state index in [1.165, 1.54) is 6.33 Å². The summed E-state index contributed by atoms with van der Waals surface area (Å²) in [6.07, 6.45) is 0.895. The van der Waals surface area contributed by atoms with E-state index < -0.39 is 6.10 Å². The molecule has 0 radical (unpaired) electrons. The molecule has 0 bridgehead atoms. The molecular weight excluding hydrogens is 318 g/mol. The fourth-order valence-electron chi connectivity index (χ4n) is 2.60. The van der Waals surface area contributed by atoms with E-state index in [0.717, 1.165) is 11.3 Å². The number of aliphatic hydroxyl groups excluding tert-OH is 1. The van der Waals surface area contributed by atoms with E-state index in [-0.39, 0.29) is 17.3 Å². The highest BCUT2D eigenvalue weighted by Crippen LogP contribution is 2.27. The van der Waals surface area contributed by atoms with Gasteiger partial charge in [0.15, 0.2) is 11.9 Å². The topological polar surface area (TPSA) is 110 Å². The molecule has 0 fully saturated rings. The number of aromatic nitrogens is 3. The fourth-order valence-corrected chi connectivity index (χ4v) is 2.60. The van der Waals surface area contributed by atoms with Gasteiger partial charge in [-0.25, -0.2) is 9.67 Å². The van der Waals surface area contributed by atoms with Crippen molar-refractivity contribution in [2.24, 2.45) is 10.9 Å². The van der Waals surface area contributed by atoms with Crippen LogP contribution in [0.25, 0.3) is 5.69 Å². The number of phenols is 1. The van der Waals surface area contributed by atoms with Crippen LogP contribution in [0.4, 0.5) is 0 Å². The van der Waals surface area contributed by atoms with Gasteiger partial charge in [0.05, 0.1) is 5.69 Å². The Kier molecular flexibility index (Phi) is 4.76. The minimum atomic E-state index is -1.26. The molecule has 0 aliphatic heterocycles. The van der Waals surface area contributed by atoms with Crippen LogP contribution in [0.5, 0.6) is 5.75 Å². The van der Waals surface area contributed by atoms with E-state index in [1.807, 2.05) is 43.3 Å². The largest absolute Gasteiger partial charge is 0.507 e. The Bertz CT molecular complexity index is 889. The zero-order valence-corrected chi connectivity index (χ0v) is 13.7. The van der Waals surface area contributed by atoms with Crippen molar-refractivity contribution in [3.05, 3.63) is 71.8 Å². The molecule has 25 heavy (non-hydrogen) atoms. The van der Waals surface area contributed by atoms with Crippen LogP contribution < -0.4 is 5.84 Å². The molecule has 1 aromatic heterocycles. The summed E-state index contributed by atoms with van der Waals surface area (Å²) in [7, 11) is 0. The number of hydrazone groups is 1. The Balaban J connectivity index is 1.94. The molecule has 128 valence electrons. The first-order valence-electron chi connectivity index (χ1n) is 7.89. The quantitative estimate of drug-likeness (QED) is 0.374. The zero-order valence-electron chi connectivity index (χ0n) is 13.7. The third-order valence-corrected chi connectivity index (χ3v) is 3.95. The van der Waals surface area contributed by atoms with Crippen LogP contribution in [0, 0.1) is 0 Å². The molecule has 0 amide bonds. The second kappa shape index (κ2) is 7.14. The van der Waals surface area contributed by atoms with Gasteiger partial charge in [0.25, 0.3) is 0 Å². The van der Waals surface area contributed by atoms with E-state index in [9.17, 15) is 10.2 Å². The first kappa shape index (κ1) is 16.7. The van der Waals surface area contributed by atoms with Crippen LogP contribution >= 0.6 is 0 Å². The highest BCUT2D eigenvalue weighted by molar-refractivity contribution is 6.05. The van der Waals surface area contributed by atoms with Crippen LogP contribution in [0.3, 0.4) is 0 Å². The first-order valence-corrected chi connectivity index (χ1v) is 7.89. The number of phenolic OH excluding ortho intramolecular Hbond substituents is 1. The zero-order chi connectivity index (χ0) is 17.8. The predicted molar refractivity (Wildman–Crippen MR) is 94.5 cm³/mol. The first-order chi connectivity index (χ1) is 12.2. The smallest absolute Gasteiger partial charge is 0.185 e. The number of para-hydroxylation sites is 2. The second-order valence-electron chi connectivity index (χ2n) is 5.47. The van der Waals surface area contributed by atoms with Crippen LogP contribution in [0.15, 0.2) is 60.0 Å². The molecule has 4 N–H and O–H groups in total. The Morgan fingerprint density at radius 3 is 2.64 bits per heavy atom. The van der Waals surface area contributed by atoms with Gasteiger partial charge < -0.3 is 16.1 Å². The number of aromatic hydroxyl groups is 1. The third-order valence-electron chi connectivity index (χ3n) is 3.95. The van der Waals surface area contributed by atoms with E-state index in [1.54, 1.807) is 16.8 Å². The summed E-state index contributed by atoms with van der Waals surface area (Å²) in [5.41, 5.74) is 2.04. The van der Waals surface area contributed by atoms with Crippen molar-refractivity contribution in [3.63, 3.8) is 0 Å². The number of aryl methyl sites for hydroxylation is 1. The van der Waals surface area contributed by atoms with E-state index in [2.05, 4.69) is 15.2 Å². The van der Waals surface area contributed by atoms with Crippen LogP contribution in [0.1, 0.15) is 30.0 Å². The lowest BCUT2D eigenvalue weighted by Gasteiger charge is -2.13. The molecule has 7 nitrogen and oxygen atoms in total. The van der Waals surface area contributed by atoms with Crippen molar-refractivity contribution >= 4 is 5.71 Å². The Hall–Kier alpha value is -3.19. The third kappa shape index (κ3) is 3.22. The molecule has 0 aliphatic carbocycles. The normalized spacial score (nSPS) is 13.0. The average molecular weight is 337 g/mol. The lowest BCUT2D eigenvalue weighted by atomic mass is 9.99. The maximum atomic E-state index is 10.6. The molecule has 3 aromatic rings. The molecule has 0 aliphatic rings. The Morgan fingerprint density at radius 2 is 1.96 bits per heavy atom. The van der Waals surface area contributed by atoms with Crippen molar-refractivity contribution < 1.29 is 10.2 Å². The summed E-state index contributed by atoms with van der Waals surface area (Å²) in [5.74, 6) is 5.68. The van der Waals surface area contributed by atoms with Gasteiger partial charge in [0.1, 0.15) is 17.8 Å². The molecule has 3 rings (SSSR count). The molecule has 1 unspecified atom stereocenters. The minimum absolute atomic E-state index is 0.0516. The van der Waals surface area contributed by atoms with Crippen molar-refractivity contribution in [1.82, 2.24) is 14.8 Å². The number of aliphatic hydroxyl groups is 1. The van der Waals surface area contributed by atoms with Gasteiger partial charge in [-0.05, 0) is 30.2 Å². The van der Waals surface area contributed by atoms with Crippen molar-refractivity contribution in [2.75, 3.05) is 0 Å². The van der Waals surface area contributed by atoms with Crippen molar-refractivity contribution in [1.29, 1.82) is 0 Å². The molecule has 7 heteroatoms. The molecule has 0 saturated heterocycles. The highest BCUT2D eigenvalue weighted by atomic mass is 16.3. The van der Waals surface area contributed by atoms with Gasteiger partial charge in [-0.3, -0.25) is 0 Å². The molecule has 2 aromatic carbocycles. The summed E-state index contributed by atoms with van der Waals surface area (Å²) < 4.78 is 1.55. The molecule has 0 saturated carbocycles. The van der Waals surface area contributed by atoms with Gasteiger partial charge in [-0.1, -0.05) is 37.3 Å². The number of hydrogen-bond donors (Lipinski definition) is 3. The van der Waals surface area contributed by atoms with Gasteiger partial charge in [0, 0.05) is 5.56 Å². The van der Waals surface area contributed by atoms with E-state index in [4.69, 9.17) is 5.84 Å². The van der Waals surface area contributed by atoms with Crippen LogP contribution in [0.2, 0.25) is 0 Å². The Labute approximate surface area is 145 Å². The molecule has 1 atom stereocenters. The average Bonchev–Trinajstić information content (AvgIpc) is 3.14. The van der Waals surface area contributed by atoms with Crippen molar-refractivity contribution in [3.8, 4) is 11.4 Å². The van der Waals surface area contributed by atoms with Crippen LogP contribution in [-0.2, 0) is 6.42 Å². The number of nitrogens with zero attached hydrogens (tertiary/aromatic N) is 4. The summed E-state index contributed by atoms with van der Waals surface area (Å²) >= 11 is 0. The highest BCUT2D eigenvalue weighted by Gasteiger charge is 2.24. The summed E-state index contributed by atoms with van der Waals surface area (Å²) in [6, 6.07) is 14.7. The summed E-state index contributed by atoms with van der Waals surface area (Å²) in [4.78, 5) is 4.14. The number of nitrogens with two attached hydrogens (primary N) is 1. The lowest BCUT2D eigenvalue weighted by Crippen LogP contribution is -2.18. The number of benzene rings is 2. The second-order valence-corrected chi connectivity index (χ2v) is 5.47. The van der Waals surface area contributed by atoms with E-state index in [0.29, 0.717) is 12.0 Å².